The third-order valence-corrected chi connectivity index (χ3v) is 4.69. The number of aliphatic imine (C=N–C) groups is 1. The van der Waals surface area contributed by atoms with Crippen LogP contribution in [0.1, 0.15) is 32.8 Å². The minimum absolute atomic E-state index is 0. The predicted octanol–water partition coefficient (Wildman–Crippen LogP) is 3.13. The molecule has 1 fully saturated rings. The largest absolute Gasteiger partial charge is 0.356 e. The number of aryl methyl sites for hydroxylation is 1. The minimum Gasteiger partial charge on any atom is -0.356 e. The van der Waals surface area contributed by atoms with Crippen molar-refractivity contribution in [1.82, 2.24) is 15.5 Å². The zero-order valence-electron chi connectivity index (χ0n) is 15.5. The van der Waals surface area contributed by atoms with Gasteiger partial charge in [-0.15, -0.1) is 24.0 Å². The Hall–Kier alpha value is -0.820. The average Bonchev–Trinajstić information content (AvgIpc) is 2.92. The summed E-state index contributed by atoms with van der Waals surface area (Å²) in [5, 5.41) is 7.05. The van der Waals surface area contributed by atoms with Crippen molar-refractivity contribution >= 4 is 29.9 Å². The molecule has 2 rings (SSSR count). The van der Waals surface area contributed by atoms with Crippen molar-refractivity contribution in [3.8, 4) is 0 Å². The topological polar surface area (TPSA) is 39.7 Å². The first-order chi connectivity index (χ1) is 11.1. The number of guanidine groups is 1. The van der Waals surface area contributed by atoms with E-state index >= 15 is 0 Å². The number of hydrogen-bond acceptors (Lipinski definition) is 2. The number of hydrogen-bond donors (Lipinski definition) is 2. The molecule has 1 aliphatic rings. The molecule has 0 spiro atoms. The molecule has 1 aromatic carbocycles. The molecular weight excluding hydrogens is 411 g/mol. The van der Waals surface area contributed by atoms with E-state index in [0.717, 1.165) is 31.9 Å². The zero-order valence-corrected chi connectivity index (χ0v) is 17.8. The zero-order chi connectivity index (χ0) is 16.7. The van der Waals surface area contributed by atoms with E-state index in [9.17, 15) is 0 Å². The van der Waals surface area contributed by atoms with Crippen molar-refractivity contribution in [2.24, 2.45) is 10.9 Å². The Balaban J connectivity index is 0.00000288. The van der Waals surface area contributed by atoms with Gasteiger partial charge < -0.3 is 10.6 Å². The van der Waals surface area contributed by atoms with Gasteiger partial charge in [0, 0.05) is 38.8 Å². The molecule has 0 saturated carbocycles. The standard InChI is InChI=1S/C19H32N4.HI/c1-15(2)23-13-16(3)18(14-23)22-19(20-4)21-12-8-11-17-9-6-5-7-10-17;/h5-7,9-10,15-16,18H,8,11-14H2,1-4H3,(H2,20,21,22);1H. The summed E-state index contributed by atoms with van der Waals surface area (Å²) in [7, 11) is 1.85. The molecule has 5 heteroatoms. The van der Waals surface area contributed by atoms with E-state index in [2.05, 4.69) is 71.6 Å². The van der Waals surface area contributed by atoms with Gasteiger partial charge in [-0.25, -0.2) is 0 Å². The summed E-state index contributed by atoms with van der Waals surface area (Å²) >= 11 is 0. The van der Waals surface area contributed by atoms with Crippen LogP contribution in [0, 0.1) is 5.92 Å². The molecule has 0 aliphatic carbocycles. The van der Waals surface area contributed by atoms with E-state index in [1.54, 1.807) is 0 Å². The molecule has 2 unspecified atom stereocenters. The Kier molecular flexibility index (Phi) is 9.66. The van der Waals surface area contributed by atoms with Crippen LogP contribution >= 0.6 is 24.0 Å². The summed E-state index contributed by atoms with van der Waals surface area (Å²) < 4.78 is 0. The number of nitrogens with one attached hydrogen (secondary N) is 2. The molecule has 0 bridgehead atoms. The molecule has 1 heterocycles. The number of nitrogens with zero attached hydrogens (tertiary/aromatic N) is 2. The highest BCUT2D eigenvalue weighted by Gasteiger charge is 2.31. The first kappa shape index (κ1) is 21.2. The molecule has 1 aliphatic heterocycles. The van der Waals surface area contributed by atoms with Crippen molar-refractivity contribution in [1.29, 1.82) is 0 Å². The highest BCUT2D eigenvalue weighted by Crippen LogP contribution is 2.18. The second-order valence-corrected chi connectivity index (χ2v) is 6.86. The van der Waals surface area contributed by atoms with E-state index < -0.39 is 0 Å². The van der Waals surface area contributed by atoms with Crippen LogP contribution in [0.25, 0.3) is 0 Å². The van der Waals surface area contributed by atoms with Crippen LogP contribution < -0.4 is 10.6 Å². The molecule has 0 aromatic heterocycles. The average molecular weight is 444 g/mol. The molecule has 24 heavy (non-hydrogen) atoms. The lowest BCUT2D eigenvalue weighted by molar-refractivity contribution is 0.265. The molecule has 0 radical (unpaired) electrons. The van der Waals surface area contributed by atoms with Crippen molar-refractivity contribution in [2.45, 2.75) is 45.7 Å². The van der Waals surface area contributed by atoms with Gasteiger partial charge in [-0.1, -0.05) is 37.3 Å². The normalized spacial score (nSPS) is 21.6. The first-order valence-electron chi connectivity index (χ1n) is 8.85. The van der Waals surface area contributed by atoms with Crippen LogP contribution in [-0.2, 0) is 6.42 Å². The number of rotatable bonds is 6. The van der Waals surface area contributed by atoms with E-state index in [-0.39, 0.29) is 24.0 Å². The molecule has 0 amide bonds. The summed E-state index contributed by atoms with van der Waals surface area (Å²) in [4.78, 5) is 6.91. The highest BCUT2D eigenvalue weighted by atomic mass is 127. The SMILES string of the molecule is CN=C(NCCCc1ccccc1)NC1CN(C(C)C)CC1C.I. The number of likely N-dealkylation sites (tertiary alicyclic amines) is 1. The van der Waals surface area contributed by atoms with E-state index in [0.29, 0.717) is 18.0 Å². The number of benzene rings is 1. The molecule has 1 saturated heterocycles. The highest BCUT2D eigenvalue weighted by molar-refractivity contribution is 14.0. The monoisotopic (exact) mass is 444 g/mol. The molecule has 4 nitrogen and oxygen atoms in total. The van der Waals surface area contributed by atoms with Crippen LogP contribution in [-0.4, -0.2) is 49.6 Å². The third-order valence-electron chi connectivity index (χ3n) is 4.69. The van der Waals surface area contributed by atoms with Gasteiger partial charge in [0.05, 0.1) is 0 Å². The molecule has 136 valence electrons. The van der Waals surface area contributed by atoms with Gasteiger partial charge >= 0.3 is 0 Å². The van der Waals surface area contributed by atoms with Crippen molar-refractivity contribution in [2.75, 3.05) is 26.7 Å². The van der Waals surface area contributed by atoms with E-state index in [4.69, 9.17) is 0 Å². The maximum Gasteiger partial charge on any atom is 0.191 e. The van der Waals surface area contributed by atoms with Crippen molar-refractivity contribution in [3.05, 3.63) is 35.9 Å². The fourth-order valence-corrected chi connectivity index (χ4v) is 3.13. The Bertz CT molecular complexity index is 489. The smallest absolute Gasteiger partial charge is 0.191 e. The molecule has 2 N–H and O–H groups in total. The lowest BCUT2D eigenvalue weighted by atomic mass is 10.1. The summed E-state index contributed by atoms with van der Waals surface area (Å²) in [6, 6.07) is 11.7. The summed E-state index contributed by atoms with van der Waals surface area (Å²) in [6.45, 7) is 10.1. The van der Waals surface area contributed by atoms with Crippen molar-refractivity contribution < 1.29 is 0 Å². The van der Waals surface area contributed by atoms with Gasteiger partial charge in [0.1, 0.15) is 0 Å². The Morgan fingerprint density at radius 3 is 2.54 bits per heavy atom. The molecule has 1 aromatic rings. The lowest BCUT2D eigenvalue weighted by Crippen LogP contribution is -2.47. The fraction of sp³-hybridized carbons (Fsp3) is 0.632. The van der Waals surface area contributed by atoms with Crippen LogP contribution in [0.3, 0.4) is 0 Å². The maximum atomic E-state index is 4.38. The summed E-state index contributed by atoms with van der Waals surface area (Å²) in [6.07, 6.45) is 2.22. The van der Waals surface area contributed by atoms with Crippen molar-refractivity contribution in [3.63, 3.8) is 0 Å². The summed E-state index contributed by atoms with van der Waals surface area (Å²) in [5.41, 5.74) is 1.40. The van der Waals surface area contributed by atoms with Gasteiger partial charge in [0.25, 0.3) is 0 Å². The molecular formula is C19H33IN4. The third kappa shape index (κ3) is 6.59. The first-order valence-corrected chi connectivity index (χ1v) is 8.85. The maximum absolute atomic E-state index is 4.38. The predicted molar refractivity (Wildman–Crippen MR) is 114 cm³/mol. The second kappa shape index (κ2) is 10.9. The lowest BCUT2D eigenvalue weighted by Gasteiger charge is -2.22. The fourth-order valence-electron chi connectivity index (χ4n) is 3.13. The van der Waals surface area contributed by atoms with E-state index in [1.165, 1.54) is 12.1 Å². The summed E-state index contributed by atoms with van der Waals surface area (Å²) in [5.74, 6) is 1.58. The number of halogens is 1. The van der Waals surface area contributed by atoms with Gasteiger partial charge in [0.2, 0.25) is 0 Å². The Morgan fingerprint density at radius 1 is 1.25 bits per heavy atom. The second-order valence-electron chi connectivity index (χ2n) is 6.86. The molecule has 2 atom stereocenters. The van der Waals surface area contributed by atoms with Gasteiger partial charge in [-0.2, -0.15) is 0 Å². The Labute approximate surface area is 164 Å². The van der Waals surface area contributed by atoms with Gasteiger partial charge in [-0.05, 0) is 38.2 Å². The van der Waals surface area contributed by atoms with Crippen LogP contribution in [0.4, 0.5) is 0 Å². The van der Waals surface area contributed by atoms with E-state index in [1.807, 2.05) is 7.05 Å². The van der Waals surface area contributed by atoms with Gasteiger partial charge in [-0.3, -0.25) is 9.89 Å². The van der Waals surface area contributed by atoms with Crippen LogP contribution in [0.15, 0.2) is 35.3 Å². The van der Waals surface area contributed by atoms with Gasteiger partial charge in [0.15, 0.2) is 5.96 Å². The Morgan fingerprint density at radius 2 is 1.96 bits per heavy atom. The van der Waals surface area contributed by atoms with Crippen LogP contribution in [0.2, 0.25) is 0 Å². The minimum atomic E-state index is 0. The van der Waals surface area contributed by atoms with Crippen LogP contribution in [0.5, 0.6) is 0 Å². The quantitative estimate of drug-likeness (QED) is 0.307.